The third-order valence-corrected chi connectivity index (χ3v) is 3.87. The smallest absolute Gasteiger partial charge is 0.269 e. The average molecular weight is 238 g/mol. The van der Waals surface area contributed by atoms with E-state index in [4.69, 9.17) is 0 Å². The number of nitro groups is 1. The summed E-state index contributed by atoms with van der Waals surface area (Å²) in [4.78, 5) is 10.3. The number of nitrogens with one attached hydrogen (secondary N) is 1. The van der Waals surface area contributed by atoms with Crippen LogP contribution in [-0.2, 0) is 0 Å². The molecule has 1 aromatic rings. The molecule has 0 aromatic heterocycles. The first-order chi connectivity index (χ1) is 7.66. The Hall–Kier alpha value is -1.07. The van der Waals surface area contributed by atoms with Crippen LogP contribution in [0.5, 0.6) is 0 Å². The maximum absolute atomic E-state index is 10.7. The number of benzene rings is 1. The molecule has 1 fully saturated rings. The minimum absolute atomic E-state index is 0.165. The van der Waals surface area contributed by atoms with Crippen LogP contribution in [0.1, 0.15) is 24.3 Å². The van der Waals surface area contributed by atoms with Gasteiger partial charge in [0.15, 0.2) is 0 Å². The zero-order chi connectivity index (χ0) is 11.5. The summed E-state index contributed by atoms with van der Waals surface area (Å²) in [5.74, 6) is 1.10. The predicted molar refractivity (Wildman–Crippen MR) is 65.5 cm³/mol. The number of nitro benzene ring substituents is 1. The fourth-order valence-electron chi connectivity index (χ4n) is 1.75. The Morgan fingerprint density at radius 3 is 3.06 bits per heavy atom. The zero-order valence-corrected chi connectivity index (χ0v) is 9.87. The molecular weight excluding hydrogens is 224 g/mol. The third-order valence-electron chi connectivity index (χ3n) is 2.66. The van der Waals surface area contributed by atoms with Gasteiger partial charge in [0.1, 0.15) is 0 Å². The van der Waals surface area contributed by atoms with Crippen LogP contribution in [0.3, 0.4) is 0 Å². The number of rotatable bonds is 2. The van der Waals surface area contributed by atoms with E-state index in [1.165, 1.54) is 6.07 Å². The fraction of sp³-hybridized carbons (Fsp3) is 0.455. The molecule has 0 radical (unpaired) electrons. The summed E-state index contributed by atoms with van der Waals surface area (Å²) in [6, 6.07) is 7.35. The Balaban J connectivity index is 2.19. The molecule has 0 bridgehead atoms. The number of hydrogen-bond acceptors (Lipinski definition) is 4. The number of nitrogens with zero attached hydrogens (tertiary/aromatic N) is 1. The summed E-state index contributed by atoms with van der Waals surface area (Å²) in [6.07, 6.45) is 1.15. The van der Waals surface area contributed by atoms with Crippen molar-refractivity contribution in [1.29, 1.82) is 0 Å². The highest BCUT2D eigenvalue weighted by atomic mass is 32.2. The topological polar surface area (TPSA) is 55.2 Å². The van der Waals surface area contributed by atoms with Crippen molar-refractivity contribution < 1.29 is 4.92 Å². The Kier molecular flexibility index (Phi) is 3.46. The van der Waals surface area contributed by atoms with Crippen molar-refractivity contribution in [1.82, 2.24) is 5.32 Å². The van der Waals surface area contributed by atoms with E-state index in [1.54, 1.807) is 23.9 Å². The summed E-state index contributed by atoms with van der Waals surface area (Å²) >= 11 is 1.81. The molecule has 0 amide bonds. The largest absolute Gasteiger partial charge is 0.299 e. The van der Waals surface area contributed by atoms with Crippen LogP contribution in [-0.4, -0.2) is 16.7 Å². The Labute approximate surface area is 98.6 Å². The van der Waals surface area contributed by atoms with Crippen LogP contribution in [0.25, 0.3) is 0 Å². The normalized spacial score (nSPS) is 25.3. The highest BCUT2D eigenvalue weighted by Crippen LogP contribution is 2.32. The van der Waals surface area contributed by atoms with Crippen molar-refractivity contribution in [2.75, 3.05) is 5.75 Å². The van der Waals surface area contributed by atoms with Crippen LogP contribution in [0.4, 0.5) is 5.69 Å². The minimum Gasteiger partial charge on any atom is -0.299 e. The van der Waals surface area contributed by atoms with Crippen LogP contribution < -0.4 is 5.32 Å². The van der Waals surface area contributed by atoms with Gasteiger partial charge in [0, 0.05) is 18.2 Å². The minimum atomic E-state index is -0.347. The molecule has 1 saturated heterocycles. The first-order valence-electron chi connectivity index (χ1n) is 5.29. The molecule has 1 N–H and O–H groups in total. The lowest BCUT2D eigenvalue weighted by Gasteiger charge is -2.28. The summed E-state index contributed by atoms with van der Waals surface area (Å²) < 4.78 is 0. The van der Waals surface area contributed by atoms with Crippen LogP contribution in [0.15, 0.2) is 24.3 Å². The molecule has 5 heteroatoms. The van der Waals surface area contributed by atoms with Gasteiger partial charge in [-0.05, 0) is 24.7 Å². The summed E-state index contributed by atoms with van der Waals surface area (Å²) in [5.41, 5.74) is 1.16. The third kappa shape index (κ3) is 2.54. The molecule has 86 valence electrons. The van der Waals surface area contributed by atoms with Crippen molar-refractivity contribution in [2.45, 2.75) is 24.8 Å². The van der Waals surface area contributed by atoms with E-state index in [1.807, 2.05) is 6.07 Å². The van der Waals surface area contributed by atoms with Gasteiger partial charge in [0.05, 0.1) is 10.3 Å². The molecule has 0 spiro atoms. The molecule has 1 aromatic carbocycles. The van der Waals surface area contributed by atoms with E-state index in [9.17, 15) is 10.1 Å². The number of non-ortho nitro benzene ring substituents is 1. The maximum atomic E-state index is 10.7. The predicted octanol–water partition coefficient (Wildman–Crippen LogP) is 2.71. The van der Waals surface area contributed by atoms with E-state index in [-0.39, 0.29) is 16.0 Å². The van der Waals surface area contributed by atoms with Crippen LogP contribution >= 0.6 is 11.8 Å². The molecule has 2 unspecified atom stereocenters. The molecule has 2 rings (SSSR count). The van der Waals surface area contributed by atoms with Gasteiger partial charge in [-0.15, -0.1) is 11.8 Å². The monoisotopic (exact) mass is 238 g/mol. The van der Waals surface area contributed by atoms with E-state index in [0.717, 1.165) is 17.7 Å². The second-order valence-corrected chi connectivity index (χ2v) is 5.17. The second-order valence-electron chi connectivity index (χ2n) is 3.96. The van der Waals surface area contributed by atoms with Crippen LogP contribution in [0.2, 0.25) is 0 Å². The maximum Gasteiger partial charge on any atom is 0.269 e. The average Bonchev–Trinajstić information content (AvgIpc) is 2.29. The van der Waals surface area contributed by atoms with E-state index in [0.29, 0.717) is 6.04 Å². The highest BCUT2D eigenvalue weighted by molar-refractivity contribution is 7.99. The highest BCUT2D eigenvalue weighted by Gasteiger charge is 2.21. The first kappa shape index (κ1) is 11.4. The lowest BCUT2D eigenvalue weighted by atomic mass is 10.1. The van der Waals surface area contributed by atoms with Gasteiger partial charge >= 0.3 is 0 Å². The van der Waals surface area contributed by atoms with Crippen molar-refractivity contribution in [3.63, 3.8) is 0 Å². The Bertz CT molecular complexity index is 397. The van der Waals surface area contributed by atoms with E-state index < -0.39 is 0 Å². The van der Waals surface area contributed by atoms with Crippen LogP contribution in [0, 0.1) is 10.1 Å². The lowest BCUT2D eigenvalue weighted by molar-refractivity contribution is -0.384. The van der Waals surface area contributed by atoms with Gasteiger partial charge in [-0.2, -0.15) is 0 Å². The Morgan fingerprint density at radius 2 is 2.38 bits per heavy atom. The second kappa shape index (κ2) is 4.84. The van der Waals surface area contributed by atoms with E-state index in [2.05, 4.69) is 12.2 Å². The van der Waals surface area contributed by atoms with Gasteiger partial charge < -0.3 is 0 Å². The molecule has 0 saturated carbocycles. The van der Waals surface area contributed by atoms with Gasteiger partial charge in [-0.1, -0.05) is 12.1 Å². The summed E-state index contributed by atoms with van der Waals surface area (Å²) in [6.45, 7) is 2.14. The SMILES string of the molecule is CC1CCSC(c2cccc([N+](=O)[O-])c2)N1. The summed E-state index contributed by atoms with van der Waals surface area (Å²) in [5, 5.41) is 14.3. The molecule has 16 heavy (non-hydrogen) atoms. The van der Waals surface area contributed by atoms with Crippen molar-refractivity contribution in [2.24, 2.45) is 0 Å². The van der Waals surface area contributed by atoms with Gasteiger partial charge in [0.25, 0.3) is 5.69 Å². The van der Waals surface area contributed by atoms with Crippen molar-refractivity contribution in [3.05, 3.63) is 39.9 Å². The van der Waals surface area contributed by atoms with Gasteiger partial charge in [0.2, 0.25) is 0 Å². The first-order valence-corrected chi connectivity index (χ1v) is 6.33. The standard InChI is InChI=1S/C11H14N2O2S/c1-8-5-6-16-11(12-8)9-3-2-4-10(7-9)13(14)15/h2-4,7-8,11-12H,5-6H2,1H3. The van der Waals surface area contributed by atoms with Gasteiger partial charge in [-0.25, -0.2) is 0 Å². The number of hydrogen-bond donors (Lipinski definition) is 1. The molecule has 4 nitrogen and oxygen atoms in total. The Morgan fingerprint density at radius 1 is 1.56 bits per heavy atom. The van der Waals surface area contributed by atoms with Crippen molar-refractivity contribution in [3.8, 4) is 0 Å². The molecule has 1 aliphatic rings. The van der Waals surface area contributed by atoms with Gasteiger partial charge in [-0.3, -0.25) is 15.4 Å². The van der Waals surface area contributed by atoms with Crippen molar-refractivity contribution >= 4 is 17.4 Å². The molecular formula is C11H14N2O2S. The lowest BCUT2D eigenvalue weighted by Crippen LogP contribution is -2.33. The molecule has 2 atom stereocenters. The summed E-state index contributed by atoms with van der Waals surface area (Å²) in [7, 11) is 0. The molecule has 1 aliphatic heterocycles. The quantitative estimate of drug-likeness (QED) is 0.635. The van der Waals surface area contributed by atoms with E-state index >= 15 is 0 Å². The number of thioether (sulfide) groups is 1. The molecule has 1 heterocycles. The fourth-order valence-corrected chi connectivity index (χ4v) is 3.14. The zero-order valence-electron chi connectivity index (χ0n) is 9.05. The molecule has 0 aliphatic carbocycles.